The highest BCUT2D eigenvalue weighted by Gasteiger charge is 2.37. The summed E-state index contributed by atoms with van der Waals surface area (Å²) in [7, 11) is -2.65. The quantitative estimate of drug-likeness (QED) is 0.673. The van der Waals surface area contributed by atoms with Gasteiger partial charge in [-0.3, -0.25) is 0 Å². The molecule has 1 aliphatic rings. The molecular formula is C18H23N2OP. The first-order valence-corrected chi connectivity index (χ1v) is 9.70. The Kier molecular flexibility index (Phi) is 4.26. The van der Waals surface area contributed by atoms with Gasteiger partial charge < -0.3 is 16.0 Å². The Bertz CT molecular complexity index is 624. The van der Waals surface area contributed by atoms with Crippen LogP contribution in [0, 0.1) is 0 Å². The van der Waals surface area contributed by atoms with E-state index < -0.39 is 7.14 Å². The number of rotatable bonds is 3. The lowest BCUT2D eigenvalue weighted by Crippen LogP contribution is -2.27. The number of benzene rings is 2. The van der Waals surface area contributed by atoms with Crippen molar-refractivity contribution in [1.82, 2.24) is 0 Å². The molecule has 0 spiro atoms. The van der Waals surface area contributed by atoms with Crippen molar-refractivity contribution in [3.05, 3.63) is 48.5 Å². The second-order valence-electron chi connectivity index (χ2n) is 6.13. The predicted octanol–water partition coefficient (Wildman–Crippen LogP) is 3.50. The monoisotopic (exact) mass is 314 g/mol. The maximum Gasteiger partial charge on any atom is 0.146 e. The lowest BCUT2D eigenvalue weighted by atomic mass is 10.0. The Morgan fingerprint density at radius 1 is 0.727 bits per heavy atom. The standard InChI is InChI=1S/C18H23N2OP/c19-14-6-10-17(11-7-14)22(21,16-4-2-1-3-5-16)18-12-8-15(20)9-13-18/h6-13,16H,1-5,19-20H2. The smallest absolute Gasteiger partial charge is 0.146 e. The van der Waals surface area contributed by atoms with E-state index in [1.165, 1.54) is 19.3 Å². The normalized spacial score (nSPS) is 16.5. The summed E-state index contributed by atoms with van der Waals surface area (Å²) in [5, 5.41) is 1.83. The first kappa shape index (κ1) is 15.2. The van der Waals surface area contributed by atoms with Crippen molar-refractivity contribution in [2.24, 2.45) is 0 Å². The van der Waals surface area contributed by atoms with Crippen LogP contribution in [0.3, 0.4) is 0 Å². The molecule has 116 valence electrons. The first-order valence-electron chi connectivity index (χ1n) is 7.92. The molecule has 3 nitrogen and oxygen atoms in total. The van der Waals surface area contributed by atoms with Gasteiger partial charge in [0.2, 0.25) is 0 Å². The molecule has 2 aromatic carbocycles. The van der Waals surface area contributed by atoms with Crippen LogP contribution in [0.15, 0.2) is 48.5 Å². The summed E-state index contributed by atoms with van der Waals surface area (Å²) in [6.07, 6.45) is 5.65. The van der Waals surface area contributed by atoms with E-state index in [-0.39, 0.29) is 5.66 Å². The van der Waals surface area contributed by atoms with Crippen LogP contribution in [-0.4, -0.2) is 5.66 Å². The summed E-state index contributed by atoms with van der Waals surface area (Å²) in [5.74, 6) is 0. The second kappa shape index (κ2) is 6.18. The molecule has 4 heteroatoms. The topological polar surface area (TPSA) is 69.1 Å². The average molecular weight is 314 g/mol. The van der Waals surface area contributed by atoms with Crippen LogP contribution >= 0.6 is 7.14 Å². The van der Waals surface area contributed by atoms with Crippen molar-refractivity contribution in [2.45, 2.75) is 37.8 Å². The van der Waals surface area contributed by atoms with Crippen LogP contribution in [0.1, 0.15) is 32.1 Å². The lowest BCUT2D eigenvalue weighted by molar-refractivity contribution is 0.490. The second-order valence-corrected chi connectivity index (χ2v) is 9.21. The Balaban J connectivity index is 2.10. The van der Waals surface area contributed by atoms with Gasteiger partial charge in [0.05, 0.1) is 0 Å². The minimum atomic E-state index is -2.65. The molecule has 2 aromatic rings. The third kappa shape index (κ3) is 2.78. The van der Waals surface area contributed by atoms with Gasteiger partial charge in [0, 0.05) is 27.6 Å². The van der Waals surface area contributed by atoms with E-state index in [0.717, 1.165) is 23.5 Å². The fourth-order valence-corrected chi connectivity index (χ4v) is 6.82. The highest BCUT2D eigenvalue weighted by Crippen LogP contribution is 2.53. The Hall–Kier alpha value is -1.73. The lowest BCUT2D eigenvalue weighted by Gasteiger charge is -2.31. The molecule has 0 heterocycles. The molecule has 0 radical (unpaired) electrons. The zero-order valence-electron chi connectivity index (χ0n) is 12.7. The highest BCUT2D eigenvalue weighted by atomic mass is 31.2. The van der Waals surface area contributed by atoms with Crippen molar-refractivity contribution in [1.29, 1.82) is 0 Å². The molecule has 0 unspecified atom stereocenters. The van der Waals surface area contributed by atoms with E-state index in [0.29, 0.717) is 11.4 Å². The van der Waals surface area contributed by atoms with Gasteiger partial charge in [-0.2, -0.15) is 0 Å². The maximum atomic E-state index is 14.1. The minimum absolute atomic E-state index is 0.230. The number of hydrogen-bond acceptors (Lipinski definition) is 3. The van der Waals surface area contributed by atoms with E-state index in [1.807, 2.05) is 48.5 Å². The number of anilines is 2. The summed E-state index contributed by atoms with van der Waals surface area (Å²) in [6.45, 7) is 0. The van der Waals surface area contributed by atoms with Gasteiger partial charge in [0.15, 0.2) is 0 Å². The fraction of sp³-hybridized carbons (Fsp3) is 0.333. The zero-order chi connectivity index (χ0) is 15.6. The zero-order valence-corrected chi connectivity index (χ0v) is 13.6. The molecular weight excluding hydrogens is 291 g/mol. The molecule has 0 saturated heterocycles. The van der Waals surface area contributed by atoms with Crippen LogP contribution < -0.4 is 22.1 Å². The summed E-state index contributed by atoms with van der Waals surface area (Å²) in [6, 6.07) is 15.1. The van der Waals surface area contributed by atoms with Crippen LogP contribution in [0.2, 0.25) is 0 Å². The molecule has 0 atom stereocenters. The third-order valence-corrected chi connectivity index (χ3v) is 8.32. The Morgan fingerprint density at radius 3 is 1.55 bits per heavy atom. The van der Waals surface area contributed by atoms with E-state index in [9.17, 15) is 4.57 Å². The van der Waals surface area contributed by atoms with Gasteiger partial charge in [-0.1, -0.05) is 19.3 Å². The predicted molar refractivity (Wildman–Crippen MR) is 95.5 cm³/mol. The van der Waals surface area contributed by atoms with Gasteiger partial charge in [-0.05, 0) is 61.4 Å². The summed E-state index contributed by atoms with van der Waals surface area (Å²) < 4.78 is 14.1. The summed E-state index contributed by atoms with van der Waals surface area (Å²) >= 11 is 0. The van der Waals surface area contributed by atoms with E-state index in [1.54, 1.807) is 0 Å². The molecule has 0 aliphatic heterocycles. The molecule has 22 heavy (non-hydrogen) atoms. The fourth-order valence-electron chi connectivity index (χ4n) is 3.41. The van der Waals surface area contributed by atoms with E-state index >= 15 is 0 Å². The Morgan fingerprint density at radius 2 is 1.14 bits per heavy atom. The van der Waals surface area contributed by atoms with Crippen LogP contribution in [-0.2, 0) is 4.57 Å². The number of nitrogen functional groups attached to an aromatic ring is 2. The van der Waals surface area contributed by atoms with Gasteiger partial charge in [-0.25, -0.2) is 0 Å². The van der Waals surface area contributed by atoms with Crippen molar-refractivity contribution in [3.8, 4) is 0 Å². The van der Waals surface area contributed by atoms with Crippen LogP contribution in [0.25, 0.3) is 0 Å². The number of nitrogens with two attached hydrogens (primary N) is 2. The summed E-state index contributed by atoms with van der Waals surface area (Å²) in [5.41, 5.74) is 13.2. The number of hydrogen-bond donors (Lipinski definition) is 2. The third-order valence-electron chi connectivity index (χ3n) is 4.64. The van der Waals surface area contributed by atoms with Crippen LogP contribution in [0.5, 0.6) is 0 Å². The van der Waals surface area contributed by atoms with Gasteiger partial charge in [0.25, 0.3) is 0 Å². The molecule has 1 saturated carbocycles. The SMILES string of the molecule is Nc1ccc(P(=O)(c2ccc(N)cc2)C2CCCCC2)cc1. The van der Waals surface area contributed by atoms with E-state index in [2.05, 4.69) is 0 Å². The van der Waals surface area contributed by atoms with Crippen molar-refractivity contribution >= 4 is 29.1 Å². The van der Waals surface area contributed by atoms with Crippen LogP contribution in [0.4, 0.5) is 11.4 Å². The van der Waals surface area contributed by atoms with Crippen molar-refractivity contribution in [3.63, 3.8) is 0 Å². The van der Waals surface area contributed by atoms with Gasteiger partial charge in [-0.15, -0.1) is 0 Å². The van der Waals surface area contributed by atoms with Gasteiger partial charge in [0.1, 0.15) is 7.14 Å². The molecule has 1 fully saturated rings. The molecule has 0 bridgehead atoms. The maximum absolute atomic E-state index is 14.1. The molecule has 0 amide bonds. The molecule has 0 aromatic heterocycles. The average Bonchev–Trinajstić information content (AvgIpc) is 2.56. The molecule has 4 N–H and O–H groups in total. The molecule has 1 aliphatic carbocycles. The summed E-state index contributed by atoms with van der Waals surface area (Å²) in [4.78, 5) is 0. The van der Waals surface area contributed by atoms with Crippen molar-refractivity contribution in [2.75, 3.05) is 11.5 Å². The van der Waals surface area contributed by atoms with Crippen molar-refractivity contribution < 1.29 is 4.57 Å². The molecule has 3 rings (SSSR count). The largest absolute Gasteiger partial charge is 0.399 e. The Labute approximate surface area is 132 Å². The first-order chi connectivity index (χ1) is 10.6. The minimum Gasteiger partial charge on any atom is -0.399 e. The highest BCUT2D eigenvalue weighted by molar-refractivity contribution is 7.79. The van der Waals surface area contributed by atoms with Gasteiger partial charge >= 0.3 is 0 Å². The van der Waals surface area contributed by atoms with E-state index in [4.69, 9.17) is 11.5 Å².